The van der Waals surface area contributed by atoms with Gasteiger partial charge in [0.05, 0.1) is 0 Å². The predicted molar refractivity (Wildman–Crippen MR) is 34.4 cm³/mol. The third-order valence-electron chi connectivity index (χ3n) is 0.936. The van der Waals surface area contributed by atoms with Gasteiger partial charge in [0.25, 0.3) is 0 Å². The maximum Gasteiger partial charge on any atom is 0.304 e. The van der Waals surface area contributed by atoms with Crippen molar-refractivity contribution in [1.82, 2.24) is 0 Å². The summed E-state index contributed by atoms with van der Waals surface area (Å²) < 4.78 is 0.282. The van der Waals surface area contributed by atoms with Gasteiger partial charge in [0, 0.05) is 0 Å². The van der Waals surface area contributed by atoms with E-state index in [-0.39, 0.29) is 14.8 Å². The molecule has 0 aromatic heterocycles. The van der Waals surface area contributed by atoms with E-state index in [0.717, 1.165) is 6.21 Å². The summed E-state index contributed by atoms with van der Waals surface area (Å²) in [4.78, 5) is 0. The predicted octanol–water partition coefficient (Wildman–Crippen LogP) is 0.589. The second kappa shape index (κ2) is 2.17. The Labute approximate surface area is 61.4 Å². The van der Waals surface area contributed by atoms with E-state index in [0.29, 0.717) is 0 Å². The van der Waals surface area contributed by atoms with Crippen molar-refractivity contribution in [2.75, 3.05) is 0 Å². The molecule has 1 unspecified atom stereocenters. The van der Waals surface area contributed by atoms with Crippen LogP contribution in [0.1, 0.15) is 0 Å². The molecule has 1 rings (SSSR count). The lowest BCUT2D eigenvalue weighted by molar-refractivity contribution is -0.528. The highest BCUT2D eigenvalue weighted by molar-refractivity contribution is 6.46. The quantitative estimate of drug-likeness (QED) is 0.425. The lowest BCUT2D eigenvalue weighted by Gasteiger charge is -2.02. The summed E-state index contributed by atoms with van der Waals surface area (Å²) in [6, 6.07) is 0. The Hall–Kier alpha value is -0.250. The van der Waals surface area contributed by atoms with Crippen molar-refractivity contribution in [1.29, 1.82) is 0 Å². The smallest absolute Gasteiger partial charge is 0.304 e. The molecule has 50 valence electrons. The number of allylic oxidation sites excluding steroid dienone is 1. The third-order valence-corrected chi connectivity index (χ3v) is 1.73. The molecule has 0 amide bonds. The number of rotatable bonds is 0. The minimum atomic E-state index is -1.31. The van der Waals surface area contributed by atoms with Crippen LogP contribution in [0.15, 0.2) is 10.1 Å². The second-order valence-corrected chi connectivity index (χ2v) is 2.37. The van der Waals surface area contributed by atoms with Crippen molar-refractivity contribution >= 4 is 29.4 Å². The van der Waals surface area contributed by atoms with Crippen LogP contribution in [-0.2, 0) is 0 Å². The molecule has 1 aliphatic heterocycles. The molecule has 5 heteroatoms. The topological polar surface area (TPSA) is 46.3 Å². The van der Waals surface area contributed by atoms with Gasteiger partial charge in [0.2, 0.25) is 0 Å². The van der Waals surface area contributed by atoms with E-state index in [1.165, 1.54) is 0 Å². The molecule has 0 spiro atoms. The van der Waals surface area contributed by atoms with Crippen molar-refractivity contribution in [2.45, 2.75) is 6.23 Å². The summed E-state index contributed by atoms with van der Waals surface area (Å²) in [7, 11) is 0. The maximum absolute atomic E-state index is 10.4. The van der Waals surface area contributed by atoms with E-state index in [4.69, 9.17) is 28.3 Å². The van der Waals surface area contributed by atoms with Gasteiger partial charge < -0.3 is 10.3 Å². The molecule has 1 atom stereocenters. The first-order valence-corrected chi connectivity index (χ1v) is 2.92. The number of hydrogen-bond donors (Lipinski definition) is 1. The number of aliphatic hydroxyl groups excluding tert-OH is 1. The van der Waals surface area contributed by atoms with Gasteiger partial charge in [-0.3, -0.25) is 0 Å². The summed E-state index contributed by atoms with van der Waals surface area (Å²) in [6.45, 7) is 0. The molecule has 1 N–H and O–H groups in total. The van der Waals surface area contributed by atoms with Gasteiger partial charge in [-0.15, -0.1) is 0 Å². The van der Waals surface area contributed by atoms with Crippen LogP contribution in [0.25, 0.3) is 0 Å². The van der Waals surface area contributed by atoms with Crippen molar-refractivity contribution in [3.05, 3.63) is 15.3 Å². The third kappa shape index (κ3) is 1.03. The molecule has 0 aliphatic carbocycles. The van der Waals surface area contributed by atoms with E-state index in [1.54, 1.807) is 0 Å². The van der Waals surface area contributed by atoms with Crippen molar-refractivity contribution in [3.8, 4) is 0 Å². The minimum Gasteiger partial charge on any atom is -0.622 e. The van der Waals surface area contributed by atoms with E-state index in [9.17, 15) is 5.21 Å². The van der Waals surface area contributed by atoms with Crippen LogP contribution in [-0.4, -0.2) is 22.3 Å². The van der Waals surface area contributed by atoms with Gasteiger partial charge in [0.15, 0.2) is 6.21 Å². The molecule has 0 saturated heterocycles. The highest BCUT2D eigenvalue weighted by Gasteiger charge is 2.26. The summed E-state index contributed by atoms with van der Waals surface area (Å²) in [5.41, 5.74) is 0. The van der Waals surface area contributed by atoms with Gasteiger partial charge >= 0.3 is 6.23 Å². The summed E-state index contributed by atoms with van der Waals surface area (Å²) >= 11 is 10.7. The van der Waals surface area contributed by atoms with Crippen LogP contribution >= 0.6 is 23.2 Å². The Bertz CT molecular complexity index is 199. The normalized spacial score (nSPS) is 27.0. The van der Waals surface area contributed by atoms with Crippen LogP contribution in [0.3, 0.4) is 0 Å². The molecule has 0 saturated carbocycles. The molecule has 1 heterocycles. The van der Waals surface area contributed by atoms with E-state index >= 15 is 0 Å². The lowest BCUT2D eigenvalue weighted by Crippen LogP contribution is -2.16. The fourth-order valence-corrected chi connectivity index (χ4v) is 0.818. The molecule has 1 aliphatic rings. The van der Waals surface area contributed by atoms with Crippen molar-refractivity contribution < 1.29 is 9.85 Å². The fourth-order valence-electron chi connectivity index (χ4n) is 0.479. The molecule has 0 radical (unpaired) electrons. The number of halogens is 2. The van der Waals surface area contributed by atoms with Crippen LogP contribution < -0.4 is 0 Å². The van der Waals surface area contributed by atoms with Crippen LogP contribution in [0.4, 0.5) is 0 Å². The van der Waals surface area contributed by atoms with E-state index < -0.39 is 6.23 Å². The molecule has 0 fully saturated rings. The standard InChI is InChI=1S/C4H3Cl2NO2/c5-2-1-7(9)4(8)3(2)6/h1,4,8H. The monoisotopic (exact) mass is 167 g/mol. The number of nitrogens with zero attached hydrogens (tertiary/aromatic N) is 1. The average molecular weight is 168 g/mol. The van der Waals surface area contributed by atoms with Crippen LogP contribution in [0, 0.1) is 5.21 Å². The van der Waals surface area contributed by atoms with Crippen molar-refractivity contribution in [2.24, 2.45) is 0 Å². The van der Waals surface area contributed by atoms with E-state index in [1.807, 2.05) is 0 Å². The molecular weight excluding hydrogens is 165 g/mol. The zero-order valence-electron chi connectivity index (χ0n) is 4.21. The molecule has 9 heavy (non-hydrogen) atoms. The summed E-state index contributed by atoms with van der Waals surface area (Å²) in [6.07, 6.45) is -0.284. The molecule has 3 nitrogen and oxygen atoms in total. The Kier molecular flexibility index (Phi) is 1.66. The first-order chi connectivity index (χ1) is 4.13. The summed E-state index contributed by atoms with van der Waals surface area (Å²) in [5.74, 6) is 0. The Morgan fingerprint density at radius 2 is 2.22 bits per heavy atom. The molecule has 0 bridgehead atoms. The zero-order chi connectivity index (χ0) is 7.02. The van der Waals surface area contributed by atoms with Gasteiger partial charge in [-0.2, -0.15) is 4.74 Å². The fraction of sp³-hybridized carbons (Fsp3) is 0.250. The Balaban J connectivity index is 2.92. The molecular formula is C4H3Cl2NO2. The molecule has 0 aromatic carbocycles. The first-order valence-electron chi connectivity index (χ1n) is 2.16. The lowest BCUT2D eigenvalue weighted by atomic mass is 10.5. The largest absolute Gasteiger partial charge is 0.622 e. The van der Waals surface area contributed by atoms with Crippen LogP contribution in [0.5, 0.6) is 0 Å². The maximum atomic E-state index is 10.4. The van der Waals surface area contributed by atoms with Gasteiger partial charge in [-0.05, 0) is 0 Å². The van der Waals surface area contributed by atoms with Gasteiger partial charge in [-0.25, -0.2) is 0 Å². The summed E-state index contributed by atoms with van der Waals surface area (Å²) in [5, 5.41) is 19.2. The van der Waals surface area contributed by atoms with Gasteiger partial charge in [-0.1, -0.05) is 23.2 Å². The SMILES string of the molecule is [O-][N+]1=CC(Cl)=C(Cl)C1O. The zero-order valence-corrected chi connectivity index (χ0v) is 5.73. The second-order valence-electron chi connectivity index (χ2n) is 1.56. The Morgan fingerprint density at radius 3 is 2.33 bits per heavy atom. The van der Waals surface area contributed by atoms with Crippen molar-refractivity contribution in [3.63, 3.8) is 0 Å². The number of hydroxylamine groups is 1. The highest BCUT2D eigenvalue weighted by Crippen LogP contribution is 2.21. The average Bonchev–Trinajstić information content (AvgIpc) is 1.98. The van der Waals surface area contributed by atoms with Crippen LogP contribution in [0.2, 0.25) is 0 Å². The Morgan fingerprint density at radius 1 is 1.67 bits per heavy atom. The first kappa shape index (κ1) is 6.86. The molecule has 0 aromatic rings. The van der Waals surface area contributed by atoms with Gasteiger partial charge in [0.1, 0.15) is 10.1 Å². The highest BCUT2D eigenvalue weighted by atomic mass is 35.5. The minimum absolute atomic E-state index is 0.0216. The number of hydrogen-bond acceptors (Lipinski definition) is 2. The van der Waals surface area contributed by atoms with E-state index in [2.05, 4.69) is 0 Å². The number of aliphatic hydroxyl groups is 1.